The van der Waals surface area contributed by atoms with Gasteiger partial charge in [0.1, 0.15) is 0 Å². The molecule has 0 spiro atoms. The van der Waals surface area contributed by atoms with E-state index in [1.165, 1.54) is 19.8 Å². The number of benzene rings is 1. The lowest BCUT2D eigenvalue weighted by molar-refractivity contribution is 0.101. The molecule has 0 saturated heterocycles. The van der Waals surface area contributed by atoms with Crippen molar-refractivity contribution in [1.82, 2.24) is 0 Å². The van der Waals surface area contributed by atoms with Crippen LogP contribution in [0.15, 0.2) is 18.2 Å². The summed E-state index contributed by atoms with van der Waals surface area (Å²) in [6.07, 6.45) is 2.39. The quantitative estimate of drug-likeness (QED) is 0.775. The molecule has 0 atom stereocenters. The summed E-state index contributed by atoms with van der Waals surface area (Å²) in [6.45, 7) is 1.53. The van der Waals surface area contributed by atoms with Gasteiger partial charge in [-0.2, -0.15) is 0 Å². The van der Waals surface area contributed by atoms with Crippen LogP contribution in [0.3, 0.4) is 0 Å². The Bertz CT molecular complexity index is 372. The molecular formula is C11H12ClNO. The number of hydrogen-bond acceptors (Lipinski definition) is 2. The van der Waals surface area contributed by atoms with Gasteiger partial charge in [-0.05, 0) is 31.9 Å². The molecule has 74 valence electrons. The van der Waals surface area contributed by atoms with Crippen LogP contribution in [0.1, 0.15) is 30.1 Å². The minimum Gasteiger partial charge on any atom is -0.381 e. The lowest BCUT2D eigenvalue weighted by atomic mass is 10.1. The highest BCUT2D eigenvalue weighted by atomic mass is 35.5. The van der Waals surface area contributed by atoms with Gasteiger partial charge < -0.3 is 5.32 Å². The van der Waals surface area contributed by atoms with Crippen molar-refractivity contribution in [1.29, 1.82) is 0 Å². The van der Waals surface area contributed by atoms with Gasteiger partial charge in [-0.25, -0.2) is 0 Å². The summed E-state index contributed by atoms with van der Waals surface area (Å²) in [6, 6.07) is 6.07. The number of nitrogens with one attached hydrogen (secondary N) is 1. The second-order valence-electron chi connectivity index (χ2n) is 3.64. The van der Waals surface area contributed by atoms with E-state index in [9.17, 15) is 4.79 Å². The van der Waals surface area contributed by atoms with Gasteiger partial charge in [-0.3, -0.25) is 4.79 Å². The van der Waals surface area contributed by atoms with Crippen molar-refractivity contribution in [2.75, 3.05) is 5.32 Å². The largest absolute Gasteiger partial charge is 0.381 e. The smallest absolute Gasteiger partial charge is 0.161 e. The number of carbonyl (C=O) groups excluding carboxylic acids is 1. The SMILES string of the molecule is CC(=O)c1cccc(NC2CC2)c1Cl. The Morgan fingerprint density at radius 1 is 1.50 bits per heavy atom. The monoisotopic (exact) mass is 209 g/mol. The van der Waals surface area contributed by atoms with Gasteiger partial charge >= 0.3 is 0 Å². The third-order valence-corrected chi connectivity index (χ3v) is 2.72. The molecule has 1 fully saturated rings. The van der Waals surface area contributed by atoms with Crippen molar-refractivity contribution in [2.45, 2.75) is 25.8 Å². The maximum absolute atomic E-state index is 11.2. The first-order chi connectivity index (χ1) is 6.68. The van der Waals surface area contributed by atoms with Gasteiger partial charge in [0.15, 0.2) is 5.78 Å². The van der Waals surface area contributed by atoms with Crippen molar-refractivity contribution in [3.05, 3.63) is 28.8 Å². The highest BCUT2D eigenvalue weighted by Gasteiger charge is 2.22. The van der Waals surface area contributed by atoms with E-state index in [1.807, 2.05) is 12.1 Å². The summed E-state index contributed by atoms with van der Waals surface area (Å²) in [5.41, 5.74) is 1.47. The van der Waals surface area contributed by atoms with E-state index in [-0.39, 0.29) is 5.78 Å². The van der Waals surface area contributed by atoms with Gasteiger partial charge in [-0.1, -0.05) is 17.7 Å². The molecule has 1 aromatic rings. The molecule has 1 saturated carbocycles. The minimum atomic E-state index is 0.00875. The molecule has 0 unspecified atom stereocenters. The second-order valence-corrected chi connectivity index (χ2v) is 4.02. The van der Waals surface area contributed by atoms with Crippen LogP contribution in [0.4, 0.5) is 5.69 Å². The fraction of sp³-hybridized carbons (Fsp3) is 0.364. The lowest BCUT2D eigenvalue weighted by Gasteiger charge is -2.08. The number of anilines is 1. The zero-order valence-electron chi connectivity index (χ0n) is 8.01. The third kappa shape index (κ3) is 1.90. The van der Waals surface area contributed by atoms with E-state index in [0.717, 1.165) is 5.69 Å². The normalized spacial score (nSPS) is 15.3. The molecule has 0 heterocycles. The van der Waals surface area contributed by atoms with Gasteiger partial charge in [0.05, 0.1) is 10.7 Å². The average molecular weight is 210 g/mol. The van der Waals surface area contributed by atoms with Crippen LogP contribution in [0.5, 0.6) is 0 Å². The Labute approximate surface area is 88.3 Å². The maximum Gasteiger partial charge on any atom is 0.161 e. The van der Waals surface area contributed by atoms with E-state index in [2.05, 4.69) is 5.32 Å². The number of rotatable bonds is 3. The Balaban J connectivity index is 2.30. The Kier molecular flexibility index (Phi) is 2.46. The van der Waals surface area contributed by atoms with Crippen LogP contribution in [0.25, 0.3) is 0 Å². The molecule has 1 aliphatic carbocycles. The fourth-order valence-corrected chi connectivity index (χ4v) is 1.68. The number of halogens is 1. The Morgan fingerprint density at radius 3 is 2.79 bits per heavy atom. The van der Waals surface area contributed by atoms with E-state index in [4.69, 9.17) is 11.6 Å². The first kappa shape index (κ1) is 9.53. The number of hydrogen-bond donors (Lipinski definition) is 1. The van der Waals surface area contributed by atoms with E-state index in [0.29, 0.717) is 16.6 Å². The first-order valence-electron chi connectivity index (χ1n) is 4.74. The molecule has 0 aliphatic heterocycles. The molecule has 0 radical (unpaired) electrons. The molecule has 0 bridgehead atoms. The van der Waals surface area contributed by atoms with Gasteiger partial charge in [0.2, 0.25) is 0 Å². The summed E-state index contributed by atoms with van der Waals surface area (Å²) in [7, 11) is 0. The standard InChI is InChI=1S/C11H12ClNO/c1-7(14)9-3-2-4-10(11(9)12)13-8-5-6-8/h2-4,8,13H,5-6H2,1H3. The van der Waals surface area contributed by atoms with Crippen LogP contribution in [0, 0.1) is 0 Å². The lowest BCUT2D eigenvalue weighted by Crippen LogP contribution is -2.03. The van der Waals surface area contributed by atoms with E-state index in [1.54, 1.807) is 6.07 Å². The summed E-state index contributed by atoms with van der Waals surface area (Å²) in [4.78, 5) is 11.2. The first-order valence-corrected chi connectivity index (χ1v) is 5.12. The Morgan fingerprint density at radius 2 is 2.21 bits per heavy atom. The van der Waals surface area contributed by atoms with Gasteiger partial charge in [0, 0.05) is 11.6 Å². The molecular weight excluding hydrogens is 198 g/mol. The summed E-state index contributed by atoms with van der Waals surface area (Å²) in [5, 5.41) is 3.84. The highest BCUT2D eigenvalue weighted by molar-refractivity contribution is 6.36. The highest BCUT2D eigenvalue weighted by Crippen LogP contribution is 2.31. The van der Waals surface area contributed by atoms with Crippen LogP contribution < -0.4 is 5.32 Å². The molecule has 14 heavy (non-hydrogen) atoms. The molecule has 1 aliphatic rings. The number of ketones is 1. The van der Waals surface area contributed by atoms with Crippen LogP contribution in [-0.2, 0) is 0 Å². The predicted molar refractivity (Wildman–Crippen MR) is 58.1 cm³/mol. The topological polar surface area (TPSA) is 29.1 Å². The molecule has 0 aromatic heterocycles. The third-order valence-electron chi connectivity index (χ3n) is 2.31. The molecule has 2 rings (SSSR count). The van der Waals surface area contributed by atoms with Crippen molar-refractivity contribution in [2.24, 2.45) is 0 Å². The average Bonchev–Trinajstić information content (AvgIpc) is 2.92. The summed E-state index contributed by atoms with van der Waals surface area (Å²) < 4.78 is 0. The van der Waals surface area contributed by atoms with E-state index >= 15 is 0 Å². The number of Topliss-reactive ketones (excluding diaryl/α,β-unsaturated/α-hetero) is 1. The maximum atomic E-state index is 11.2. The van der Waals surface area contributed by atoms with Crippen molar-refractivity contribution in [3.8, 4) is 0 Å². The van der Waals surface area contributed by atoms with Gasteiger partial charge in [-0.15, -0.1) is 0 Å². The molecule has 1 N–H and O–H groups in total. The molecule has 1 aromatic carbocycles. The van der Waals surface area contributed by atoms with E-state index < -0.39 is 0 Å². The van der Waals surface area contributed by atoms with Crippen LogP contribution in [-0.4, -0.2) is 11.8 Å². The molecule has 2 nitrogen and oxygen atoms in total. The summed E-state index contributed by atoms with van der Waals surface area (Å²) >= 11 is 6.09. The predicted octanol–water partition coefficient (Wildman–Crippen LogP) is 3.12. The van der Waals surface area contributed by atoms with Crippen molar-refractivity contribution >= 4 is 23.1 Å². The van der Waals surface area contributed by atoms with Crippen LogP contribution >= 0.6 is 11.6 Å². The molecule has 0 amide bonds. The fourth-order valence-electron chi connectivity index (χ4n) is 1.36. The Hall–Kier alpha value is -1.02. The zero-order valence-corrected chi connectivity index (χ0v) is 8.77. The van der Waals surface area contributed by atoms with Crippen molar-refractivity contribution < 1.29 is 4.79 Å². The minimum absolute atomic E-state index is 0.00875. The zero-order chi connectivity index (χ0) is 10.1. The number of carbonyl (C=O) groups is 1. The second kappa shape index (κ2) is 3.62. The van der Waals surface area contributed by atoms with Gasteiger partial charge in [0.25, 0.3) is 0 Å². The summed E-state index contributed by atoms with van der Waals surface area (Å²) in [5.74, 6) is 0.00875. The van der Waals surface area contributed by atoms with Crippen molar-refractivity contribution in [3.63, 3.8) is 0 Å². The van der Waals surface area contributed by atoms with Crippen LogP contribution in [0.2, 0.25) is 5.02 Å². The molecule has 3 heteroatoms.